The Morgan fingerprint density at radius 2 is 0.788 bits per heavy atom. The molecule has 0 aliphatic heterocycles. The van der Waals surface area contributed by atoms with Crippen molar-refractivity contribution in [1.82, 2.24) is 0 Å². The molecule has 0 N–H and O–H groups in total. The van der Waals surface area contributed by atoms with E-state index in [9.17, 15) is 31.9 Å². The lowest BCUT2D eigenvalue weighted by Crippen LogP contribution is -2.26. The maximum atomic E-state index is 12.5. The van der Waals surface area contributed by atoms with Crippen LogP contribution < -0.4 is 5.11 Å². The van der Waals surface area contributed by atoms with E-state index in [1.165, 1.54) is 14.7 Å². The molecule has 0 bridgehead atoms. The lowest BCUT2D eigenvalue weighted by Gasteiger charge is -2.07. The lowest BCUT2D eigenvalue weighted by molar-refractivity contribution is -0.255. The van der Waals surface area contributed by atoms with Crippen molar-refractivity contribution in [3.63, 3.8) is 0 Å². The van der Waals surface area contributed by atoms with Gasteiger partial charge in [0.2, 0.25) is 5.82 Å². The minimum Gasteiger partial charge on any atom is -0.545 e. The number of benzene rings is 4. The molecule has 4 rings (SSSR count). The summed E-state index contributed by atoms with van der Waals surface area (Å²) in [6.07, 6.45) is 0. The van der Waals surface area contributed by atoms with E-state index in [2.05, 4.69) is 91.0 Å². The number of hydrogen-bond acceptors (Lipinski definition) is 2. The van der Waals surface area contributed by atoms with Gasteiger partial charge in [-0.25, -0.2) is 22.0 Å². The van der Waals surface area contributed by atoms with Crippen LogP contribution in [0.5, 0.6) is 0 Å². The second-order valence-electron chi connectivity index (χ2n) is 6.48. The molecule has 2 nitrogen and oxygen atoms in total. The number of carbonyl (C=O) groups is 1. The van der Waals surface area contributed by atoms with E-state index in [0.717, 1.165) is 0 Å². The molecule has 0 amide bonds. The molecule has 4 aromatic carbocycles. The molecule has 4 aromatic rings. The van der Waals surface area contributed by atoms with E-state index in [-0.39, 0.29) is 10.9 Å². The number of hydrogen-bond donors (Lipinski definition) is 0. The molecule has 0 unspecified atom stereocenters. The Kier molecular flexibility index (Phi) is 7.84. The van der Waals surface area contributed by atoms with E-state index < -0.39 is 40.6 Å². The zero-order valence-electron chi connectivity index (χ0n) is 16.8. The van der Waals surface area contributed by atoms with Gasteiger partial charge in [-0.1, -0.05) is 54.6 Å². The van der Waals surface area contributed by atoms with Crippen molar-refractivity contribution in [3.05, 3.63) is 126 Å². The van der Waals surface area contributed by atoms with Crippen molar-refractivity contribution in [1.29, 1.82) is 0 Å². The number of aromatic carboxylic acids is 1. The van der Waals surface area contributed by atoms with Crippen LogP contribution in [0.15, 0.2) is 106 Å². The van der Waals surface area contributed by atoms with Gasteiger partial charge in [-0.2, -0.15) is 0 Å². The summed E-state index contributed by atoms with van der Waals surface area (Å²) in [6, 6.07) is 32.2. The van der Waals surface area contributed by atoms with Crippen molar-refractivity contribution < 1.29 is 31.9 Å². The fourth-order valence-electron chi connectivity index (χ4n) is 2.86. The first kappa shape index (κ1) is 24.0. The minimum absolute atomic E-state index is 0.0146. The van der Waals surface area contributed by atoms with Gasteiger partial charge in [0.15, 0.2) is 38.0 Å². The van der Waals surface area contributed by atoms with Gasteiger partial charge in [-0.3, -0.25) is 0 Å². The van der Waals surface area contributed by atoms with Crippen LogP contribution in [-0.2, 0) is 10.9 Å². The van der Waals surface area contributed by atoms with E-state index in [4.69, 9.17) is 0 Å². The van der Waals surface area contributed by atoms with Crippen LogP contribution in [0, 0.1) is 29.1 Å². The topological polar surface area (TPSA) is 40.1 Å². The number of carboxylic acids is 1. The molecule has 0 aliphatic carbocycles. The molecule has 0 aliphatic rings. The average Bonchev–Trinajstić information content (AvgIpc) is 2.84. The zero-order valence-corrected chi connectivity index (χ0v) is 17.6. The lowest BCUT2D eigenvalue weighted by atomic mass is 10.1. The molecule has 0 saturated heterocycles. The fourth-order valence-corrected chi connectivity index (χ4v) is 4.97. The first-order chi connectivity index (χ1) is 15.8. The first-order valence-electron chi connectivity index (χ1n) is 9.45. The fraction of sp³-hybridized carbons (Fsp3) is 0. The summed E-state index contributed by atoms with van der Waals surface area (Å²) in [5.74, 6) is -14.4. The molecule has 0 atom stereocenters. The highest BCUT2D eigenvalue weighted by Gasteiger charge is 2.28. The number of rotatable bonds is 4. The van der Waals surface area contributed by atoms with Crippen molar-refractivity contribution in [2.24, 2.45) is 0 Å². The molecule has 0 fully saturated rings. The Balaban J connectivity index is 0.000000196. The molecule has 0 aromatic heterocycles. The maximum Gasteiger partial charge on any atom is 0.200 e. The maximum absolute atomic E-state index is 12.5. The molecule has 0 spiro atoms. The van der Waals surface area contributed by atoms with Gasteiger partial charge in [0.1, 0.15) is 0 Å². The van der Waals surface area contributed by atoms with Gasteiger partial charge in [0, 0.05) is 0 Å². The van der Waals surface area contributed by atoms with Crippen LogP contribution in [0.4, 0.5) is 22.0 Å². The largest absolute Gasteiger partial charge is 0.545 e. The van der Waals surface area contributed by atoms with Crippen molar-refractivity contribution in [3.8, 4) is 0 Å². The monoisotopic (exact) mass is 474 g/mol. The van der Waals surface area contributed by atoms with Gasteiger partial charge in [0.05, 0.1) is 22.4 Å². The van der Waals surface area contributed by atoms with E-state index in [1.54, 1.807) is 0 Å². The predicted molar refractivity (Wildman–Crippen MR) is 112 cm³/mol. The van der Waals surface area contributed by atoms with Crippen molar-refractivity contribution in [2.75, 3.05) is 0 Å². The Morgan fingerprint density at radius 3 is 1.06 bits per heavy atom. The van der Waals surface area contributed by atoms with Crippen LogP contribution in [0.25, 0.3) is 0 Å². The van der Waals surface area contributed by atoms with Gasteiger partial charge in [-0.05, 0) is 36.4 Å². The molecule has 0 saturated carbocycles. The highest BCUT2D eigenvalue weighted by Crippen LogP contribution is 2.30. The number of carbonyl (C=O) groups excluding carboxylic acids is 1. The van der Waals surface area contributed by atoms with Crippen LogP contribution in [0.2, 0.25) is 0 Å². The standard InChI is InChI=1S/C18H15S.C7HF5O2/c1-4-10-16(11-5-1)19(17-12-6-2-7-13-17)18-14-8-3-9-15-18;8-2-1(7(13)14)3(9)5(11)6(12)4(2)10/h1-15H;(H,13,14)/q+1;/p-1. The highest BCUT2D eigenvalue weighted by molar-refractivity contribution is 7.97. The summed E-state index contributed by atoms with van der Waals surface area (Å²) in [5.41, 5.74) is -1.97. The number of carboxylic acid groups (broad SMARTS) is 1. The second-order valence-corrected chi connectivity index (χ2v) is 8.50. The van der Waals surface area contributed by atoms with Crippen LogP contribution >= 0.6 is 0 Å². The van der Waals surface area contributed by atoms with Crippen LogP contribution in [0.3, 0.4) is 0 Å². The van der Waals surface area contributed by atoms with Crippen molar-refractivity contribution >= 4 is 16.9 Å². The minimum atomic E-state index is -2.47. The third-order valence-corrected chi connectivity index (χ3v) is 6.58. The number of halogens is 5. The SMILES string of the molecule is O=C([O-])c1c(F)c(F)c(F)c(F)c1F.c1ccc([S+](c2ccccc2)c2ccccc2)cc1. The Morgan fingerprint density at radius 1 is 0.515 bits per heavy atom. The summed E-state index contributed by atoms with van der Waals surface area (Å²) in [6.45, 7) is 0. The molecule has 33 heavy (non-hydrogen) atoms. The second kappa shape index (κ2) is 10.8. The third kappa shape index (κ3) is 5.40. The summed E-state index contributed by atoms with van der Waals surface area (Å²) in [7, 11) is -0.0146. The Labute approximate surface area is 189 Å². The van der Waals surface area contributed by atoms with E-state index in [0.29, 0.717) is 0 Å². The van der Waals surface area contributed by atoms with Crippen LogP contribution in [-0.4, -0.2) is 5.97 Å². The Bertz CT molecular complexity index is 1110. The summed E-state index contributed by atoms with van der Waals surface area (Å²) in [5, 5.41) is 10.0. The average molecular weight is 474 g/mol. The van der Waals surface area contributed by atoms with Gasteiger partial charge in [0.25, 0.3) is 0 Å². The molecular formula is C25H15F5O2S. The zero-order chi connectivity index (χ0) is 24.0. The Hall–Kier alpha value is -3.65. The predicted octanol–water partition coefficient (Wildman–Crippen LogP) is 5.53. The molecule has 8 heteroatoms. The summed E-state index contributed by atoms with van der Waals surface area (Å²) >= 11 is 0. The molecule has 168 valence electrons. The summed E-state index contributed by atoms with van der Waals surface area (Å²) < 4.78 is 62.0. The smallest absolute Gasteiger partial charge is 0.200 e. The van der Waals surface area contributed by atoms with Crippen molar-refractivity contribution in [2.45, 2.75) is 14.7 Å². The van der Waals surface area contributed by atoms with Gasteiger partial charge < -0.3 is 9.90 Å². The first-order valence-corrected chi connectivity index (χ1v) is 10.7. The van der Waals surface area contributed by atoms with E-state index >= 15 is 0 Å². The van der Waals surface area contributed by atoms with Gasteiger partial charge in [-0.15, -0.1) is 0 Å². The molecule has 0 heterocycles. The van der Waals surface area contributed by atoms with Crippen LogP contribution in [0.1, 0.15) is 10.4 Å². The molecular weight excluding hydrogens is 459 g/mol. The summed E-state index contributed by atoms with van der Waals surface area (Å²) in [4.78, 5) is 14.1. The molecule has 0 radical (unpaired) electrons. The third-order valence-electron chi connectivity index (χ3n) is 4.35. The highest BCUT2D eigenvalue weighted by atomic mass is 32.2. The van der Waals surface area contributed by atoms with E-state index in [1.807, 2.05) is 0 Å². The normalized spacial score (nSPS) is 10.5. The quantitative estimate of drug-likeness (QED) is 0.169. The van der Waals surface area contributed by atoms with Gasteiger partial charge >= 0.3 is 0 Å².